The zero-order valence-corrected chi connectivity index (χ0v) is 12.0. The number of hydrogen-bond acceptors (Lipinski definition) is 3. The third-order valence-corrected chi connectivity index (χ3v) is 6.37. The number of hydrogen-bond donors (Lipinski definition) is 1. The molecule has 102 valence electrons. The van der Waals surface area contributed by atoms with Crippen molar-refractivity contribution in [1.29, 1.82) is 0 Å². The van der Waals surface area contributed by atoms with Crippen LogP contribution < -0.4 is 0 Å². The number of aliphatic hydroxyl groups is 1. The van der Waals surface area contributed by atoms with Gasteiger partial charge in [0, 0.05) is 35.7 Å². The summed E-state index contributed by atoms with van der Waals surface area (Å²) in [6.45, 7) is 3.54. The summed E-state index contributed by atoms with van der Waals surface area (Å²) in [6, 6.07) is 8.82. The number of fused-ring (bicyclic) bond motifs is 2. The Labute approximate surface area is 119 Å². The quantitative estimate of drug-likeness (QED) is 0.896. The minimum atomic E-state index is -0.0246. The first-order chi connectivity index (χ1) is 9.29. The molecule has 1 aliphatic carbocycles. The lowest BCUT2D eigenvalue weighted by Gasteiger charge is -2.21. The van der Waals surface area contributed by atoms with Crippen LogP contribution in [0.4, 0.5) is 0 Å². The van der Waals surface area contributed by atoms with E-state index < -0.39 is 0 Å². The maximum atomic E-state index is 9.99. The first-order valence-electron chi connectivity index (χ1n) is 7.44. The van der Waals surface area contributed by atoms with Crippen LogP contribution in [-0.2, 0) is 6.42 Å². The molecule has 19 heavy (non-hydrogen) atoms. The van der Waals surface area contributed by atoms with Crippen molar-refractivity contribution in [2.24, 2.45) is 11.8 Å². The third-order valence-electron chi connectivity index (χ3n) is 5.07. The molecule has 4 rings (SSSR count). The van der Waals surface area contributed by atoms with Crippen molar-refractivity contribution in [1.82, 2.24) is 4.90 Å². The van der Waals surface area contributed by atoms with Crippen LogP contribution in [-0.4, -0.2) is 41.0 Å². The van der Waals surface area contributed by atoms with Gasteiger partial charge in [-0.15, -0.1) is 11.8 Å². The van der Waals surface area contributed by atoms with Gasteiger partial charge in [0.05, 0.1) is 6.10 Å². The lowest BCUT2D eigenvalue weighted by Crippen LogP contribution is -2.31. The van der Waals surface area contributed by atoms with Gasteiger partial charge < -0.3 is 10.0 Å². The van der Waals surface area contributed by atoms with Gasteiger partial charge in [-0.2, -0.15) is 0 Å². The molecule has 0 amide bonds. The van der Waals surface area contributed by atoms with Crippen molar-refractivity contribution in [2.75, 3.05) is 19.6 Å². The van der Waals surface area contributed by atoms with E-state index in [1.807, 2.05) is 11.8 Å². The molecule has 1 saturated carbocycles. The molecule has 2 nitrogen and oxygen atoms in total. The fourth-order valence-corrected chi connectivity index (χ4v) is 5.49. The van der Waals surface area contributed by atoms with Gasteiger partial charge in [0.1, 0.15) is 0 Å². The molecule has 0 aromatic heterocycles. The smallest absolute Gasteiger partial charge is 0.0583 e. The predicted molar refractivity (Wildman–Crippen MR) is 78.5 cm³/mol. The molecule has 1 aromatic carbocycles. The second-order valence-electron chi connectivity index (χ2n) is 6.34. The molecule has 3 aliphatic rings. The monoisotopic (exact) mass is 275 g/mol. The van der Waals surface area contributed by atoms with Gasteiger partial charge in [0.2, 0.25) is 0 Å². The molecule has 4 atom stereocenters. The summed E-state index contributed by atoms with van der Waals surface area (Å²) in [5.41, 5.74) is 1.52. The molecule has 0 spiro atoms. The van der Waals surface area contributed by atoms with E-state index in [1.54, 1.807) is 0 Å². The Balaban J connectivity index is 1.37. The maximum absolute atomic E-state index is 9.99. The Hall–Kier alpha value is -0.510. The molecular formula is C16H21NOS. The largest absolute Gasteiger partial charge is 0.393 e. The van der Waals surface area contributed by atoms with Gasteiger partial charge in [-0.25, -0.2) is 0 Å². The number of thioether (sulfide) groups is 1. The van der Waals surface area contributed by atoms with E-state index in [4.69, 9.17) is 0 Å². The molecular weight excluding hydrogens is 254 g/mol. The maximum Gasteiger partial charge on any atom is 0.0583 e. The lowest BCUT2D eigenvalue weighted by molar-refractivity contribution is 0.124. The highest BCUT2D eigenvalue weighted by Crippen LogP contribution is 2.41. The number of benzene rings is 1. The Bertz CT molecular complexity index is 453. The van der Waals surface area contributed by atoms with Crippen molar-refractivity contribution >= 4 is 11.8 Å². The fourth-order valence-electron chi connectivity index (χ4n) is 4.12. The number of aliphatic hydroxyl groups excluding tert-OH is 1. The summed E-state index contributed by atoms with van der Waals surface area (Å²) in [6.07, 6.45) is 3.46. The fraction of sp³-hybridized carbons (Fsp3) is 0.625. The first kappa shape index (κ1) is 12.2. The summed E-state index contributed by atoms with van der Waals surface area (Å²) in [5.74, 6) is 1.33. The average Bonchev–Trinajstić information content (AvgIpc) is 3.06. The standard InChI is InChI=1S/C16H21NOS/c18-15-6-5-12-8-17(10-14(12)15)9-13-7-11-3-1-2-4-16(11)19-13/h1-4,12-15,18H,5-10H2. The second kappa shape index (κ2) is 4.80. The minimum Gasteiger partial charge on any atom is -0.393 e. The summed E-state index contributed by atoms with van der Waals surface area (Å²) in [5, 5.41) is 10.7. The molecule has 0 bridgehead atoms. The predicted octanol–water partition coefficient (Wildman–Crippen LogP) is 2.41. The minimum absolute atomic E-state index is 0.0246. The molecule has 3 heteroatoms. The van der Waals surface area contributed by atoms with Gasteiger partial charge in [-0.3, -0.25) is 0 Å². The van der Waals surface area contributed by atoms with E-state index in [2.05, 4.69) is 29.2 Å². The van der Waals surface area contributed by atoms with Crippen molar-refractivity contribution < 1.29 is 5.11 Å². The first-order valence-corrected chi connectivity index (χ1v) is 8.32. The van der Waals surface area contributed by atoms with Crippen LogP contribution in [0.25, 0.3) is 0 Å². The molecule has 2 heterocycles. The molecule has 1 aromatic rings. The Kier molecular flexibility index (Phi) is 3.09. The summed E-state index contributed by atoms with van der Waals surface area (Å²) < 4.78 is 0. The second-order valence-corrected chi connectivity index (χ2v) is 7.68. The van der Waals surface area contributed by atoms with E-state index in [0.717, 1.165) is 18.9 Å². The third kappa shape index (κ3) is 2.22. The topological polar surface area (TPSA) is 23.5 Å². The van der Waals surface area contributed by atoms with E-state index in [0.29, 0.717) is 11.2 Å². The van der Waals surface area contributed by atoms with E-state index >= 15 is 0 Å². The molecule has 4 unspecified atom stereocenters. The van der Waals surface area contributed by atoms with Gasteiger partial charge in [0.15, 0.2) is 0 Å². The highest BCUT2D eigenvalue weighted by Gasteiger charge is 2.42. The number of nitrogens with zero attached hydrogens (tertiary/aromatic N) is 1. The van der Waals surface area contributed by atoms with Crippen molar-refractivity contribution in [3.63, 3.8) is 0 Å². The van der Waals surface area contributed by atoms with Crippen molar-refractivity contribution in [3.05, 3.63) is 29.8 Å². The SMILES string of the molecule is OC1CCC2CN(CC3Cc4ccccc4S3)CC12. The normalized spacial score (nSPS) is 37.5. The van der Waals surface area contributed by atoms with Crippen LogP contribution in [0.5, 0.6) is 0 Å². The highest BCUT2D eigenvalue weighted by atomic mass is 32.2. The Morgan fingerprint density at radius 1 is 1.21 bits per heavy atom. The van der Waals surface area contributed by atoms with Gasteiger partial charge in [-0.1, -0.05) is 18.2 Å². The summed E-state index contributed by atoms with van der Waals surface area (Å²) in [4.78, 5) is 4.08. The Morgan fingerprint density at radius 3 is 2.95 bits per heavy atom. The van der Waals surface area contributed by atoms with E-state index in [9.17, 15) is 5.11 Å². The molecule has 2 fully saturated rings. The van der Waals surface area contributed by atoms with Crippen molar-refractivity contribution in [2.45, 2.75) is 35.5 Å². The lowest BCUT2D eigenvalue weighted by atomic mass is 10.00. The van der Waals surface area contributed by atoms with Crippen LogP contribution in [0, 0.1) is 11.8 Å². The summed E-state index contributed by atoms with van der Waals surface area (Å²) in [7, 11) is 0. The van der Waals surface area contributed by atoms with Crippen molar-refractivity contribution in [3.8, 4) is 0 Å². The molecule has 1 saturated heterocycles. The Morgan fingerprint density at radius 2 is 2.11 bits per heavy atom. The van der Waals surface area contributed by atoms with Gasteiger partial charge in [0.25, 0.3) is 0 Å². The van der Waals surface area contributed by atoms with Gasteiger partial charge in [-0.05, 0) is 36.8 Å². The van der Waals surface area contributed by atoms with Crippen LogP contribution in [0.3, 0.4) is 0 Å². The van der Waals surface area contributed by atoms with Gasteiger partial charge >= 0.3 is 0 Å². The number of rotatable bonds is 2. The van der Waals surface area contributed by atoms with E-state index in [1.165, 1.54) is 36.4 Å². The molecule has 0 radical (unpaired) electrons. The number of likely N-dealkylation sites (tertiary alicyclic amines) is 1. The van der Waals surface area contributed by atoms with Crippen LogP contribution in [0.15, 0.2) is 29.2 Å². The highest BCUT2D eigenvalue weighted by molar-refractivity contribution is 8.00. The summed E-state index contributed by atoms with van der Waals surface area (Å²) >= 11 is 2.05. The average molecular weight is 275 g/mol. The molecule has 1 N–H and O–H groups in total. The van der Waals surface area contributed by atoms with Crippen LogP contribution in [0.1, 0.15) is 18.4 Å². The van der Waals surface area contributed by atoms with Crippen LogP contribution >= 0.6 is 11.8 Å². The zero-order chi connectivity index (χ0) is 12.8. The molecule has 2 aliphatic heterocycles. The van der Waals surface area contributed by atoms with E-state index in [-0.39, 0.29) is 6.10 Å². The zero-order valence-electron chi connectivity index (χ0n) is 11.2. The van der Waals surface area contributed by atoms with Crippen LogP contribution in [0.2, 0.25) is 0 Å².